The van der Waals surface area contributed by atoms with Gasteiger partial charge in [-0.25, -0.2) is 0 Å². The summed E-state index contributed by atoms with van der Waals surface area (Å²) in [6.45, 7) is 3.78. The van der Waals surface area contributed by atoms with E-state index in [0.29, 0.717) is 19.6 Å². The Kier molecular flexibility index (Phi) is 4.32. The SMILES string of the molecule is CC1CNCCN1C(=O)Cc1ccccc1C(F)(F)F. The summed E-state index contributed by atoms with van der Waals surface area (Å²) in [5, 5.41) is 3.14. The molecule has 1 N–H and O–H groups in total. The fourth-order valence-corrected chi connectivity index (χ4v) is 2.43. The molecule has 6 heteroatoms. The molecule has 0 aromatic heterocycles. The Bertz CT molecular complexity index is 488. The number of carbonyl (C=O) groups is 1. The van der Waals surface area contributed by atoms with Crippen molar-refractivity contribution in [1.82, 2.24) is 10.2 Å². The summed E-state index contributed by atoms with van der Waals surface area (Å²) < 4.78 is 38.6. The van der Waals surface area contributed by atoms with Gasteiger partial charge in [0, 0.05) is 25.7 Å². The molecule has 1 aromatic rings. The van der Waals surface area contributed by atoms with Crippen LogP contribution in [0.5, 0.6) is 0 Å². The lowest BCUT2D eigenvalue weighted by molar-refractivity contribution is -0.139. The van der Waals surface area contributed by atoms with Gasteiger partial charge < -0.3 is 10.2 Å². The quantitative estimate of drug-likeness (QED) is 0.902. The molecule has 1 fully saturated rings. The predicted molar refractivity (Wildman–Crippen MR) is 69.2 cm³/mol. The summed E-state index contributed by atoms with van der Waals surface area (Å²) in [7, 11) is 0. The van der Waals surface area contributed by atoms with Crippen LogP contribution in [0.1, 0.15) is 18.1 Å². The number of halogens is 3. The number of amides is 1. The van der Waals surface area contributed by atoms with E-state index >= 15 is 0 Å². The Morgan fingerprint density at radius 1 is 1.40 bits per heavy atom. The molecule has 0 saturated carbocycles. The average Bonchev–Trinajstić information content (AvgIpc) is 2.38. The van der Waals surface area contributed by atoms with Gasteiger partial charge in [-0.2, -0.15) is 13.2 Å². The second kappa shape index (κ2) is 5.83. The summed E-state index contributed by atoms with van der Waals surface area (Å²) in [4.78, 5) is 13.8. The van der Waals surface area contributed by atoms with Gasteiger partial charge >= 0.3 is 6.18 Å². The van der Waals surface area contributed by atoms with Gasteiger partial charge in [0.05, 0.1) is 12.0 Å². The van der Waals surface area contributed by atoms with E-state index in [1.54, 1.807) is 4.90 Å². The Hall–Kier alpha value is -1.56. The lowest BCUT2D eigenvalue weighted by Crippen LogP contribution is -2.52. The molecule has 0 bridgehead atoms. The van der Waals surface area contributed by atoms with Crippen LogP contribution in [0, 0.1) is 0 Å². The Morgan fingerprint density at radius 2 is 2.10 bits per heavy atom. The van der Waals surface area contributed by atoms with E-state index in [9.17, 15) is 18.0 Å². The van der Waals surface area contributed by atoms with Gasteiger partial charge in [0.25, 0.3) is 0 Å². The molecule has 3 nitrogen and oxygen atoms in total. The first kappa shape index (κ1) is 14.8. The van der Waals surface area contributed by atoms with Crippen molar-refractivity contribution in [2.24, 2.45) is 0 Å². The van der Waals surface area contributed by atoms with E-state index in [-0.39, 0.29) is 23.9 Å². The highest BCUT2D eigenvalue weighted by molar-refractivity contribution is 5.79. The number of nitrogens with one attached hydrogen (secondary N) is 1. The minimum absolute atomic E-state index is 0.00861. The molecule has 0 radical (unpaired) electrons. The smallest absolute Gasteiger partial charge is 0.337 e. The largest absolute Gasteiger partial charge is 0.416 e. The molecule has 1 heterocycles. The van der Waals surface area contributed by atoms with Gasteiger partial charge in [0.1, 0.15) is 0 Å². The zero-order valence-corrected chi connectivity index (χ0v) is 11.2. The number of benzene rings is 1. The number of rotatable bonds is 2. The lowest BCUT2D eigenvalue weighted by atomic mass is 10.0. The van der Waals surface area contributed by atoms with Crippen molar-refractivity contribution in [2.75, 3.05) is 19.6 Å². The Labute approximate surface area is 115 Å². The maximum absolute atomic E-state index is 12.9. The third-order valence-electron chi connectivity index (χ3n) is 3.49. The monoisotopic (exact) mass is 286 g/mol. The number of nitrogens with zero attached hydrogens (tertiary/aromatic N) is 1. The van der Waals surface area contributed by atoms with E-state index < -0.39 is 11.7 Å². The molecule has 1 saturated heterocycles. The first-order chi connectivity index (χ1) is 9.39. The highest BCUT2D eigenvalue weighted by Gasteiger charge is 2.34. The average molecular weight is 286 g/mol. The third kappa shape index (κ3) is 3.30. The number of hydrogen-bond donors (Lipinski definition) is 1. The molecule has 1 amide bonds. The van der Waals surface area contributed by atoms with Crippen molar-refractivity contribution in [1.29, 1.82) is 0 Å². The summed E-state index contributed by atoms with van der Waals surface area (Å²) in [5.41, 5.74) is -0.688. The van der Waals surface area contributed by atoms with Gasteiger partial charge in [-0.15, -0.1) is 0 Å². The molecule has 0 spiro atoms. The van der Waals surface area contributed by atoms with Crippen LogP contribution in [-0.4, -0.2) is 36.5 Å². The second-order valence-corrected chi connectivity index (χ2v) is 4.97. The summed E-state index contributed by atoms with van der Waals surface area (Å²) in [6.07, 6.45) is -4.63. The summed E-state index contributed by atoms with van der Waals surface area (Å²) in [6, 6.07) is 5.26. The molecule has 1 aromatic carbocycles. The predicted octanol–water partition coefficient (Wildman–Crippen LogP) is 2.07. The minimum atomic E-state index is -4.42. The molecule has 1 unspecified atom stereocenters. The van der Waals surface area contributed by atoms with Crippen LogP contribution >= 0.6 is 0 Å². The maximum atomic E-state index is 12.9. The molecular weight excluding hydrogens is 269 g/mol. The van der Waals surface area contributed by atoms with E-state index in [2.05, 4.69) is 5.32 Å². The van der Waals surface area contributed by atoms with E-state index in [4.69, 9.17) is 0 Å². The van der Waals surface area contributed by atoms with Crippen LogP contribution < -0.4 is 5.32 Å². The Balaban J connectivity index is 2.16. The van der Waals surface area contributed by atoms with Crippen molar-refractivity contribution >= 4 is 5.91 Å². The molecule has 20 heavy (non-hydrogen) atoms. The van der Waals surface area contributed by atoms with Crippen LogP contribution in [0.15, 0.2) is 24.3 Å². The highest BCUT2D eigenvalue weighted by atomic mass is 19.4. The second-order valence-electron chi connectivity index (χ2n) is 4.97. The summed E-state index contributed by atoms with van der Waals surface area (Å²) >= 11 is 0. The number of piperazine rings is 1. The van der Waals surface area contributed by atoms with Gasteiger partial charge in [0.15, 0.2) is 0 Å². The van der Waals surface area contributed by atoms with Gasteiger partial charge in [-0.05, 0) is 18.6 Å². The van der Waals surface area contributed by atoms with Gasteiger partial charge in [0.2, 0.25) is 5.91 Å². The zero-order chi connectivity index (χ0) is 14.8. The van der Waals surface area contributed by atoms with Gasteiger partial charge in [-0.1, -0.05) is 18.2 Å². The molecule has 1 aliphatic heterocycles. The molecule has 110 valence electrons. The first-order valence-corrected chi connectivity index (χ1v) is 6.55. The van der Waals surface area contributed by atoms with Crippen molar-refractivity contribution in [3.05, 3.63) is 35.4 Å². The van der Waals surface area contributed by atoms with Crippen molar-refractivity contribution in [2.45, 2.75) is 25.6 Å². The van der Waals surface area contributed by atoms with Crippen molar-refractivity contribution in [3.8, 4) is 0 Å². The van der Waals surface area contributed by atoms with Crippen LogP contribution in [0.3, 0.4) is 0 Å². The molecule has 1 aliphatic rings. The van der Waals surface area contributed by atoms with Crippen LogP contribution in [0.4, 0.5) is 13.2 Å². The molecule has 2 rings (SSSR count). The fraction of sp³-hybridized carbons (Fsp3) is 0.500. The fourth-order valence-electron chi connectivity index (χ4n) is 2.43. The number of carbonyl (C=O) groups excluding carboxylic acids is 1. The van der Waals surface area contributed by atoms with E-state index in [1.807, 2.05) is 6.92 Å². The van der Waals surface area contributed by atoms with Crippen molar-refractivity contribution in [3.63, 3.8) is 0 Å². The zero-order valence-electron chi connectivity index (χ0n) is 11.2. The van der Waals surface area contributed by atoms with Crippen molar-refractivity contribution < 1.29 is 18.0 Å². The maximum Gasteiger partial charge on any atom is 0.416 e. The van der Waals surface area contributed by atoms with Crippen LogP contribution in [0.25, 0.3) is 0 Å². The first-order valence-electron chi connectivity index (χ1n) is 6.55. The molecular formula is C14H17F3N2O. The van der Waals surface area contributed by atoms with E-state index in [0.717, 1.165) is 6.07 Å². The Morgan fingerprint density at radius 3 is 2.75 bits per heavy atom. The minimum Gasteiger partial charge on any atom is -0.337 e. The summed E-state index contributed by atoms with van der Waals surface area (Å²) in [5.74, 6) is -0.254. The molecule has 1 atom stereocenters. The van der Waals surface area contributed by atoms with Crippen LogP contribution in [0.2, 0.25) is 0 Å². The number of hydrogen-bond acceptors (Lipinski definition) is 2. The highest BCUT2D eigenvalue weighted by Crippen LogP contribution is 2.32. The third-order valence-corrected chi connectivity index (χ3v) is 3.49. The van der Waals surface area contributed by atoms with Gasteiger partial charge in [-0.3, -0.25) is 4.79 Å². The van der Waals surface area contributed by atoms with E-state index in [1.165, 1.54) is 18.2 Å². The number of alkyl halides is 3. The normalized spacial score (nSPS) is 20.0. The standard InChI is InChI=1S/C14H17F3N2O/c1-10-9-18-6-7-19(10)13(20)8-11-4-2-3-5-12(11)14(15,16)17/h2-5,10,18H,6-9H2,1H3. The topological polar surface area (TPSA) is 32.3 Å². The lowest BCUT2D eigenvalue weighted by Gasteiger charge is -2.34. The molecule has 0 aliphatic carbocycles. The van der Waals surface area contributed by atoms with Crippen LogP contribution in [-0.2, 0) is 17.4 Å².